The summed E-state index contributed by atoms with van der Waals surface area (Å²) in [5.41, 5.74) is 0.510. The number of carbonyl (C=O) groups excluding carboxylic acids is 1. The van der Waals surface area contributed by atoms with Crippen LogP contribution in [0.4, 0.5) is 0 Å². The predicted octanol–water partition coefficient (Wildman–Crippen LogP) is 1.98. The largest absolute Gasteiger partial charge is 0.481 e. The van der Waals surface area contributed by atoms with Crippen molar-refractivity contribution in [1.82, 2.24) is 4.90 Å². The molecule has 1 unspecified atom stereocenters. The number of carbonyl (C=O) groups is 1. The normalized spacial score (nSPS) is 10.6. The summed E-state index contributed by atoms with van der Waals surface area (Å²) in [6, 6.07) is 12.4. The molecule has 1 rings (SSSR count). The van der Waals surface area contributed by atoms with Crippen molar-refractivity contribution in [2.75, 3.05) is 13.1 Å². The molecule has 1 amide bonds. The average molecular weight is 296 g/mol. The smallest absolute Gasteiger partial charge is 0.263 e. The number of hydrogen-bond donors (Lipinski definition) is 0. The second kappa shape index (κ2) is 9.00. The van der Waals surface area contributed by atoms with E-state index in [2.05, 4.69) is 0 Å². The fraction of sp³-hybridized carbons (Fsp3) is 0.375. The standard InChI is InChI=1S/C16H16N4O2/c1-13(22-15-6-4-14(12-19)5-7-15)16(21)20(10-2-8-17)11-3-9-18/h4-7,13H,2-3,10-11H2,1H3. The van der Waals surface area contributed by atoms with Crippen molar-refractivity contribution < 1.29 is 9.53 Å². The highest BCUT2D eigenvalue weighted by Gasteiger charge is 2.21. The van der Waals surface area contributed by atoms with Gasteiger partial charge in [0.1, 0.15) is 5.75 Å². The zero-order chi connectivity index (χ0) is 16.4. The Labute approximate surface area is 129 Å². The van der Waals surface area contributed by atoms with Crippen LogP contribution in [0.25, 0.3) is 0 Å². The van der Waals surface area contributed by atoms with Gasteiger partial charge in [0, 0.05) is 13.1 Å². The number of amides is 1. The summed E-state index contributed by atoms with van der Waals surface area (Å²) in [7, 11) is 0. The number of nitriles is 3. The number of nitrogens with zero attached hydrogens (tertiary/aromatic N) is 4. The molecule has 0 aromatic heterocycles. The third kappa shape index (κ3) is 5.15. The van der Waals surface area contributed by atoms with Crippen molar-refractivity contribution in [2.24, 2.45) is 0 Å². The molecule has 1 atom stereocenters. The lowest BCUT2D eigenvalue weighted by atomic mass is 10.2. The summed E-state index contributed by atoms with van der Waals surface area (Å²) in [6.45, 7) is 2.17. The van der Waals surface area contributed by atoms with E-state index in [1.807, 2.05) is 18.2 Å². The van der Waals surface area contributed by atoms with E-state index in [1.54, 1.807) is 31.2 Å². The molecule has 0 N–H and O–H groups in total. The molecule has 0 aliphatic rings. The highest BCUT2D eigenvalue weighted by Crippen LogP contribution is 2.14. The van der Waals surface area contributed by atoms with Gasteiger partial charge in [-0.05, 0) is 31.2 Å². The first kappa shape index (κ1) is 17.0. The monoisotopic (exact) mass is 296 g/mol. The molecule has 0 saturated carbocycles. The van der Waals surface area contributed by atoms with Gasteiger partial charge in [-0.1, -0.05) is 0 Å². The molecular weight excluding hydrogens is 280 g/mol. The Morgan fingerprint density at radius 2 is 1.68 bits per heavy atom. The van der Waals surface area contributed by atoms with Gasteiger partial charge < -0.3 is 9.64 Å². The molecule has 6 heteroatoms. The molecule has 0 saturated heterocycles. The van der Waals surface area contributed by atoms with E-state index in [9.17, 15) is 4.79 Å². The quantitative estimate of drug-likeness (QED) is 0.765. The Morgan fingerprint density at radius 1 is 1.14 bits per heavy atom. The van der Waals surface area contributed by atoms with Crippen LogP contribution < -0.4 is 4.74 Å². The maximum atomic E-state index is 12.3. The van der Waals surface area contributed by atoms with Crippen LogP contribution in [0.1, 0.15) is 25.3 Å². The molecule has 0 radical (unpaired) electrons. The summed E-state index contributed by atoms with van der Waals surface area (Å²) in [5.74, 6) is 0.218. The fourth-order valence-corrected chi connectivity index (χ4v) is 1.82. The second-order valence-corrected chi connectivity index (χ2v) is 4.54. The lowest BCUT2D eigenvalue weighted by molar-refractivity contribution is -0.137. The number of benzene rings is 1. The Kier molecular flexibility index (Phi) is 6.96. The molecule has 0 heterocycles. The van der Waals surface area contributed by atoms with Gasteiger partial charge in [0.2, 0.25) is 0 Å². The Morgan fingerprint density at radius 3 is 2.14 bits per heavy atom. The van der Waals surface area contributed by atoms with Crippen LogP contribution in [0.15, 0.2) is 24.3 Å². The van der Waals surface area contributed by atoms with Crippen LogP contribution in [0.2, 0.25) is 0 Å². The molecule has 1 aromatic carbocycles. The van der Waals surface area contributed by atoms with E-state index in [4.69, 9.17) is 20.5 Å². The van der Waals surface area contributed by atoms with Crippen molar-refractivity contribution in [3.8, 4) is 24.0 Å². The molecule has 1 aromatic rings. The molecule has 22 heavy (non-hydrogen) atoms. The van der Waals surface area contributed by atoms with Gasteiger partial charge in [-0.3, -0.25) is 4.79 Å². The average Bonchev–Trinajstić information content (AvgIpc) is 2.55. The zero-order valence-electron chi connectivity index (χ0n) is 12.3. The van der Waals surface area contributed by atoms with Crippen LogP contribution in [-0.4, -0.2) is 30.0 Å². The molecule has 112 valence electrons. The van der Waals surface area contributed by atoms with E-state index in [-0.39, 0.29) is 31.8 Å². The van der Waals surface area contributed by atoms with Gasteiger partial charge in [0.05, 0.1) is 36.6 Å². The van der Waals surface area contributed by atoms with Gasteiger partial charge >= 0.3 is 0 Å². The lowest BCUT2D eigenvalue weighted by Crippen LogP contribution is -2.41. The van der Waals surface area contributed by atoms with Crippen LogP contribution in [-0.2, 0) is 4.79 Å². The topological polar surface area (TPSA) is 101 Å². The van der Waals surface area contributed by atoms with Gasteiger partial charge in [0.15, 0.2) is 6.10 Å². The van der Waals surface area contributed by atoms with Crippen LogP contribution in [0, 0.1) is 34.0 Å². The minimum Gasteiger partial charge on any atom is -0.481 e. The van der Waals surface area contributed by atoms with Crippen molar-refractivity contribution in [2.45, 2.75) is 25.9 Å². The molecule has 0 fully saturated rings. The summed E-state index contributed by atoms with van der Waals surface area (Å²) in [5, 5.41) is 26.0. The first-order valence-electron chi connectivity index (χ1n) is 6.82. The number of ether oxygens (including phenoxy) is 1. The first-order chi connectivity index (χ1) is 10.6. The third-order valence-corrected chi connectivity index (χ3v) is 2.94. The van der Waals surface area contributed by atoms with Crippen molar-refractivity contribution in [1.29, 1.82) is 15.8 Å². The second-order valence-electron chi connectivity index (χ2n) is 4.54. The number of hydrogen-bond acceptors (Lipinski definition) is 5. The van der Waals surface area contributed by atoms with E-state index in [1.165, 1.54) is 4.90 Å². The summed E-state index contributed by atoms with van der Waals surface area (Å²) >= 11 is 0. The van der Waals surface area contributed by atoms with E-state index >= 15 is 0 Å². The van der Waals surface area contributed by atoms with Gasteiger partial charge in [-0.25, -0.2) is 0 Å². The minimum atomic E-state index is -0.731. The van der Waals surface area contributed by atoms with Crippen LogP contribution >= 0.6 is 0 Å². The van der Waals surface area contributed by atoms with Gasteiger partial charge in [-0.2, -0.15) is 15.8 Å². The first-order valence-corrected chi connectivity index (χ1v) is 6.82. The predicted molar refractivity (Wildman–Crippen MR) is 78.3 cm³/mol. The van der Waals surface area contributed by atoms with Crippen molar-refractivity contribution in [3.63, 3.8) is 0 Å². The van der Waals surface area contributed by atoms with Crippen LogP contribution in [0.5, 0.6) is 5.75 Å². The highest BCUT2D eigenvalue weighted by atomic mass is 16.5. The Hall–Kier alpha value is -3.04. The number of rotatable bonds is 7. The maximum Gasteiger partial charge on any atom is 0.263 e. The lowest BCUT2D eigenvalue weighted by Gasteiger charge is -2.24. The highest BCUT2D eigenvalue weighted by molar-refractivity contribution is 5.81. The molecule has 0 bridgehead atoms. The van der Waals surface area contributed by atoms with Gasteiger partial charge in [-0.15, -0.1) is 0 Å². The minimum absolute atomic E-state index is 0.209. The van der Waals surface area contributed by atoms with Crippen molar-refractivity contribution >= 4 is 5.91 Å². The third-order valence-electron chi connectivity index (χ3n) is 2.94. The van der Waals surface area contributed by atoms with E-state index < -0.39 is 6.10 Å². The Bertz CT molecular complexity index is 602. The zero-order valence-corrected chi connectivity index (χ0v) is 12.3. The summed E-state index contributed by atoms with van der Waals surface area (Å²) in [4.78, 5) is 13.8. The molecular formula is C16H16N4O2. The SMILES string of the molecule is CC(Oc1ccc(C#N)cc1)C(=O)N(CCC#N)CCC#N. The van der Waals surface area contributed by atoms with Crippen molar-refractivity contribution in [3.05, 3.63) is 29.8 Å². The summed E-state index contributed by atoms with van der Waals surface area (Å²) < 4.78 is 5.55. The van der Waals surface area contributed by atoms with Gasteiger partial charge in [0.25, 0.3) is 5.91 Å². The van der Waals surface area contributed by atoms with E-state index in [0.29, 0.717) is 11.3 Å². The fourth-order valence-electron chi connectivity index (χ4n) is 1.82. The van der Waals surface area contributed by atoms with E-state index in [0.717, 1.165) is 0 Å². The summed E-state index contributed by atoms with van der Waals surface area (Å²) in [6.07, 6.45) is -0.313. The van der Waals surface area contributed by atoms with Crippen LogP contribution in [0.3, 0.4) is 0 Å². The maximum absolute atomic E-state index is 12.3. The molecule has 6 nitrogen and oxygen atoms in total. The molecule has 0 aliphatic carbocycles. The Balaban J connectivity index is 2.69. The molecule has 0 aliphatic heterocycles. The molecule has 0 spiro atoms.